The van der Waals surface area contributed by atoms with E-state index in [2.05, 4.69) is 23.2 Å². The van der Waals surface area contributed by atoms with E-state index in [1.54, 1.807) is 4.80 Å². The molecule has 1 fully saturated rings. The molecule has 0 bridgehead atoms. The molecular weight excluding hydrogens is 264 g/mol. The van der Waals surface area contributed by atoms with E-state index in [0.29, 0.717) is 11.4 Å². The van der Waals surface area contributed by atoms with Gasteiger partial charge in [0.15, 0.2) is 5.69 Å². The summed E-state index contributed by atoms with van der Waals surface area (Å²) in [5.41, 5.74) is 4.38. The molecule has 2 heterocycles. The van der Waals surface area contributed by atoms with E-state index in [9.17, 15) is 4.79 Å². The van der Waals surface area contributed by atoms with Crippen molar-refractivity contribution in [1.29, 1.82) is 0 Å². The van der Waals surface area contributed by atoms with Gasteiger partial charge >= 0.3 is 0 Å². The molecule has 1 amide bonds. The lowest BCUT2D eigenvalue weighted by atomic mass is 10.1. The fraction of sp³-hybridized carbons (Fsp3) is 0.438. The first-order chi connectivity index (χ1) is 10.1. The molecule has 2 aromatic rings. The standard InChI is InChI=1S/C16H20N4O/c1-11-6-7-14(12(2)10-11)20-17-13(3)15(18-20)16(21)19-8-4-5-9-19/h6-7,10H,4-5,8-9H2,1-3H3. The Morgan fingerprint density at radius 1 is 1.10 bits per heavy atom. The minimum Gasteiger partial charge on any atom is -0.337 e. The fourth-order valence-corrected chi connectivity index (χ4v) is 2.78. The van der Waals surface area contributed by atoms with E-state index in [4.69, 9.17) is 0 Å². The molecule has 0 atom stereocenters. The van der Waals surface area contributed by atoms with Crippen LogP contribution in [-0.2, 0) is 0 Å². The van der Waals surface area contributed by atoms with Crippen molar-refractivity contribution >= 4 is 5.91 Å². The van der Waals surface area contributed by atoms with Crippen molar-refractivity contribution in [1.82, 2.24) is 19.9 Å². The van der Waals surface area contributed by atoms with Crippen LogP contribution in [0.1, 0.15) is 40.2 Å². The maximum atomic E-state index is 12.5. The molecule has 5 heteroatoms. The average molecular weight is 284 g/mol. The monoisotopic (exact) mass is 284 g/mol. The number of amides is 1. The van der Waals surface area contributed by atoms with Crippen LogP contribution in [0.2, 0.25) is 0 Å². The molecule has 1 saturated heterocycles. The van der Waals surface area contributed by atoms with Crippen LogP contribution in [0.4, 0.5) is 0 Å². The minimum absolute atomic E-state index is 0.000940. The maximum Gasteiger partial charge on any atom is 0.276 e. The second kappa shape index (κ2) is 5.31. The van der Waals surface area contributed by atoms with Crippen molar-refractivity contribution in [3.8, 4) is 5.69 Å². The van der Waals surface area contributed by atoms with Crippen molar-refractivity contribution in [3.63, 3.8) is 0 Å². The Kier molecular flexibility index (Phi) is 3.49. The minimum atomic E-state index is 0.000940. The van der Waals surface area contributed by atoms with E-state index in [-0.39, 0.29) is 5.91 Å². The molecule has 0 saturated carbocycles. The zero-order valence-electron chi connectivity index (χ0n) is 12.8. The summed E-state index contributed by atoms with van der Waals surface area (Å²) in [6, 6.07) is 6.12. The molecule has 21 heavy (non-hydrogen) atoms. The highest BCUT2D eigenvalue weighted by atomic mass is 16.2. The Labute approximate surface area is 124 Å². The van der Waals surface area contributed by atoms with Crippen LogP contribution in [0.5, 0.6) is 0 Å². The van der Waals surface area contributed by atoms with Crippen molar-refractivity contribution in [2.24, 2.45) is 0 Å². The van der Waals surface area contributed by atoms with Gasteiger partial charge in [-0.05, 0) is 45.2 Å². The quantitative estimate of drug-likeness (QED) is 0.851. The Morgan fingerprint density at radius 2 is 1.81 bits per heavy atom. The molecule has 0 spiro atoms. The Bertz CT molecular complexity index is 684. The van der Waals surface area contributed by atoms with Crippen molar-refractivity contribution < 1.29 is 4.79 Å². The number of benzene rings is 1. The van der Waals surface area contributed by atoms with E-state index in [1.165, 1.54) is 5.56 Å². The molecule has 0 radical (unpaired) electrons. The first-order valence-electron chi connectivity index (χ1n) is 7.37. The second-order valence-electron chi connectivity index (χ2n) is 5.71. The van der Waals surface area contributed by atoms with Gasteiger partial charge in [-0.2, -0.15) is 9.90 Å². The van der Waals surface area contributed by atoms with Gasteiger partial charge in [-0.1, -0.05) is 17.7 Å². The number of likely N-dealkylation sites (tertiary alicyclic amines) is 1. The predicted octanol–water partition coefficient (Wildman–Crippen LogP) is 2.43. The van der Waals surface area contributed by atoms with Gasteiger partial charge in [0.2, 0.25) is 0 Å². The zero-order valence-corrected chi connectivity index (χ0v) is 12.8. The summed E-state index contributed by atoms with van der Waals surface area (Å²) in [6.07, 6.45) is 2.16. The lowest BCUT2D eigenvalue weighted by Gasteiger charge is -2.13. The molecule has 0 aliphatic carbocycles. The first-order valence-corrected chi connectivity index (χ1v) is 7.37. The summed E-state index contributed by atoms with van der Waals surface area (Å²) in [7, 11) is 0. The number of carbonyl (C=O) groups excluding carboxylic acids is 1. The lowest BCUT2D eigenvalue weighted by Crippen LogP contribution is -2.28. The van der Waals surface area contributed by atoms with Gasteiger partial charge in [-0.15, -0.1) is 5.10 Å². The van der Waals surface area contributed by atoms with Crippen LogP contribution in [0.3, 0.4) is 0 Å². The summed E-state index contributed by atoms with van der Waals surface area (Å²) in [5, 5.41) is 8.85. The van der Waals surface area contributed by atoms with Gasteiger partial charge in [-0.3, -0.25) is 4.79 Å². The molecule has 0 unspecified atom stereocenters. The van der Waals surface area contributed by atoms with Gasteiger partial charge in [0.25, 0.3) is 5.91 Å². The maximum absolute atomic E-state index is 12.5. The third kappa shape index (κ3) is 2.55. The van der Waals surface area contributed by atoms with Crippen molar-refractivity contribution in [2.45, 2.75) is 33.6 Å². The highest BCUT2D eigenvalue weighted by molar-refractivity contribution is 5.93. The second-order valence-corrected chi connectivity index (χ2v) is 5.71. The number of hydrogen-bond acceptors (Lipinski definition) is 3. The van der Waals surface area contributed by atoms with Crippen LogP contribution in [0, 0.1) is 20.8 Å². The van der Waals surface area contributed by atoms with Crippen LogP contribution < -0.4 is 0 Å². The zero-order chi connectivity index (χ0) is 15.0. The van der Waals surface area contributed by atoms with Crippen LogP contribution in [0.25, 0.3) is 5.69 Å². The molecule has 1 aliphatic heterocycles. The molecular formula is C16H20N4O. The third-order valence-electron chi connectivity index (χ3n) is 3.95. The molecule has 3 rings (SSSR count). The number of nitrogens with zero attached hydrogens (tertiary/aromatic N) is 4. The largest absolute Gasteiger partial charge is 0.337 e. The molecule has 1 aliphatic rings. The van der Waals surface area contributed by atoms with Gasteiger partial charge in [0, 0.05) is 13.1 Å². The smallest absolute Gasteiger partial charge is 0.276 e. The summed E-state index contributed by atoms with van der Waals surface area (Å²) < 4.78 is 0. The third-order valence-corrected chi connectivity index (χ3v) is 3.95. The van der Waals surface area contributed by atoms with E-state index in [0.717, 1.165) is 37.2 Å². The summed E-state index contributed by atoms with van der Waals surface area (Å²) >= 11 is 0. The van der Waals surface area contributed by atoms with Crippen LogP contribution in [0.15, 0.2) is 18.2 Å². The number of aromatic nitrogens is 3. The normalized spacial score (nSPS) is 14.7. The van der Waals surface area contributed by atoms with Crippen molar-refractivity contribution in [3.05, 3.63) is 40.7 Å². The first kappa shape index (κ1) is 13.8. The number of rotatable bonds is 2. The lowest BCUT2D eigenvalue weighted by molar-refractivity contribution is 0.0786. The number of hydrogen-bond donors (Lipinski definition) is 0. The summed E-state index contributed by atoms with van der Waals surface area (Å²) in [6.45, 7) is 7.59. The van der Waals surface area contributed by atoms with Gasteiger partial charge in [0.1, 0.15) is 0 Å². The predicted molar refractivity (Wildman–Crippen MR) is 80.7 cm³/mol. The topological polar surface area (TPSA) is 51.0 Å². The number of aryl methyl sites for hydroxylation is 3. The Balaban J connectivity index is 1.95. The van der Waals surface area contributed by atoms with E-state index in [1.807, 2.05) is 30.9 Å². The Hall–Kier alpha value is -2.17. The molecule has 1 aromatic carbocycles. The fourth-order valence-electron chi connectivity index (χ4n) is 2.78. The van der Waals surface area contributed by atoms with E-state index >= 15 is 0 Å². The van der Waals surface area contributed by atoms with E-state index < -0.39 is 0 Å². The summed E-state index contributed by atoms with van der Waals surface area (Å²) in [4.78, 5) is 15.9. The molecule has 0 N–H and O–H groups in total. The Morgan fingerprint density at radius 3 is 2.48 bits per heavy atom. The molecule has 5 nitrogen and oxygen atoms in total. The molecule has 1 aromatic heterocycles. The SMILES string of the molecule is Cc1ccc(-n2nc(C)c(C(=O)N3CCCC3)n2)c(C)c1. The van der Waals surface area contributed by atoms with Gasteiger partial charge in [-0.25, -0.2) is 0 Å². The van der Waals surface area contributed by atoms with Crippen LogP contribution in [-0.4, -0.2) is 38.9 Å². The van der Waals surface area contributed by atoms with Gasteiger partial charge in [0.05, 0.1) is 11.4 Å². The van der Waals surface area contributed by atoms with Crippen LogP contribution >= 0.6 is 0 Å². The average Bonchev–Trinajstić information content (AvgIpc) is 3.07. The molecule has 110 valence electrons. The van der Waals surface area contributed by atoms with Gasteiger partial charge < -0.3 is 4.90 Å². The highest BCUT2D eigenvalue weighted by Crippen LogP contribution is 2.17. The summed E-state index contributed by atoms with van der Waals surface area (Å²) in [5.74, 6) is 0.000940. The van der Waals surface area contributed by atoms with Crippen molar-refractivity contribution in [2.75, 3.05) is 13.1 Å². The highest BCUT2D eigenvalue weighted by Gasteiger charge is 2.24. The number of carbonyl (C=O) groups is 1.